The predicted molar refractivity (Wildman–Crippen MR) is 77.1 cm³/mol. The van der Waals surface area contributed by atoms with Crippen molar-refractivity contribution in [3.8, 4) is 0 Å². The molecule has 2 heterocycles. The van der Waals surface area contributed by atoms with Gasteiger partial charge in [-0.05, 0) is 18.9 Å². The van der Waals surface area contributed by atoms with E-state index in [2.05, 4.69) is 20.8 Å². The van der Waals surface area contributed by atoms with Crippen LogP contribution in [0.2, 0.25) is 0 Å². The maximum Gasteiger partial charge on any atom is 0.248 e. The monoisotopic (exact) mass is 272 g/mol. The highest BCUT2D eigenvalue weighted by molar-refractivity contribution is 5.89. The van der Waals surface area contributed by atoms with E-state index in [9.17, 15) is 4.79 Å². The van der Waals surface area contributed by atoms with Crippen LogP contribution in [0.5, 0.6) is 0 Å². The average molecular weight is 272 g/mol. The second kappa shape index (κ2) is 4.35. The van der Waals surface area contributed by atoms with E-state index in [1.807, 2.05) is 48.5 Å². The number of carbonyl (C=O) groups is 1. The molecule has 20 heavy (non-hydrogen) atoms. The summed E-state index contributed by atoms with van der Waals surface area (Å²) in [7, 11) is 1.85. The lowest BCUT2D eigenvalue weighted by Gasteiger charge is -2.40. The average Bonchev–Trinajstić information content (AvgIpc) is 2.96. The quantitative estimate of drug-likeness (QED) is 0.829. The molecule has 2 atom stereocenters. The highest BCUT2D eigenvalue weighted by Crippen LogP contribution is 2.43. The summed E-state index contributed by atoms with van der Waals surface area (Å²) in [5.74, 6) is 1.13. The number of hydroxylamine groups is 2. The predicted octanol–water partition coefficient (Wildman–Crippen LogP) is 2.49. The van der Waals surface area contributed by atoms with E-state index in [1.54, 1.807) is 4.90 Å². The minimum absolute atomic E-state index is 0.0899. The first-order valence-electron chi connectivity index (χ1n) is 6.98. The van der Waals surface area contributed by atoms with Crippen LogP contribution in [0.25, 0.3) is 5.76 Å². The van der Waals surface area contributed by atoms with Gasteiger partial charge in [-0.3, -0.25) is 4.79 Å². The Morgan fingerprint density at radius 3 is 2.50 bits per heavy atom. The second-order valence-corrected chi connectivity index (χ2v) is 5.90. The van der Waals surface area contributed by atoms with Gasteiger partial charge in [0.15, 0.2) is 5.76 Å². The Labute approximate surface area is 119 Å². The van der Waals surface area contributed by atoms with Crippen LogP contribution in [0.1, 0.15) is 26.3 Å². The van der Waals surface area contributed by atoms with Crippen molar-refractivity contribution in [2.75, 3.05) is 7.05 Å². The van der Waals surface area contributed by atoms with Gasteiger partial charge in [-0.1, -0.05) is 44.2 Å². The van der Waals surface area contributed by atoms with Crippen LogP contribution >= 0.6 is 0 Å². The van der Waals surface area contributed by atoms with Gasteiger partial charge in [0.1, 0.15) is 11.7 Å². The normalized spacial score (nSPS) is 29.6. The Kier molecular flexibility index (Phi) is 2.87. The van der Waals surface area contributed by atoms with E-state index >= 15 is 0 Å². The highest BCUT2D eigenvalue weighted by atomic mass is 16.7. The third-order valence-electron chi connectivity index (χ3n) is 4.62. The first-order valence-corrected chi connectivity index (χ1v) is 6.98. The summed E-state index contributed by atoms with van der Waals surface area (Å²) >= 11 is 0. The Balaban J connectivity index is 1.97. The molecule has 106 valence electrons. The minimum Gasteiger partial charge on any atom is -0.402 e. The van der Waals surface area contributed by atoms with Crippen LogP contribution in [0.15, 0.2) is 36.4 Å². The molecule has 3 rings (SSSR count). The fourth-order valence-corrected chi connectivity index (χ4v) is 2.91. The van der Waals surface area contributed by atoms with Gasteiger partial charge in [0.05, 0.1) is 0 Å². The van der Waals surface area contributed by atoms with Crippen LogP contribution in [0, 0.1) is 5.92 Å². The van der Waals surface area contributed by atoms with E-state index in [0.717, 1.165) is 11.3 Å². The molecule has 0 bridgehead atoms. The summed E-state index contributed by atoms with van der Waals surface area (Å²) in [5.41, 5.74) is 0.581. The maximum atomic E-state index is 12.4. The molecule has 4 nitrogen and oxygen atoms in total. The summed E-state index contributed by atoms with van der Waals surface area (Å²) in [4.78, 5) is 20.3. The molecule has 2 aliphatic rings. The molecule has 0 spiro atoms. The lowest BCUT2D eigenvalue weighted by Crippen LogP contribution is -2.53. The van der Waals surface area contributed by atoms with Gasteiger partial charge >= 0.3 is 0 Å². The first-order chi connectivity index (χ1) is 9.46. The molecular weight excluding hydrogens is 252 g/mol. The van der Waals surface area contributed by atoms with Gasteiger partial charge in [-0.25, -0.2) is 0 Å². The number of hydrogen-bond acceptors (Lipinski definition) is 3. The SMILES string of the molecule is CC(C)[C@@]1(C)N(C)C(=O)[C@@H]2C=C(c3ccccc3)ON21. The van der Waals surface area contributed by atoms with Gasteiger partial charge in [0.2, 0.25) is 5.91 Å². The van der Waals surface area contributed by atoms with E-state index in [4.69, 9.17) is 4.84 Å². The number of hydrogen-bond donors (Lipinski definition) is 0. The number of rotatable bonds is 2. The molecule has 0 aliphatic carbocycles. The maximum absolute atomic E-state index is 12.4. The second-order valence-electron chi connectivity index (χ2n) is 5.90. The fraction of sp³-hybridized carbons (Fsp3) is 0.438. The van der Waals surface area contributed by atoms with E-state index in [1.165, 1.54) is 0 Å². The molecular formula is C16H20N2O2. The first kappa shape index (κ1) is 13.2. The largest absolute Gasteiger partial charge is 0.402 e. The summed E-state index contributed by atoms with van der Waals surface area (Å²) < 4.78 is 0. The van der Waals surface area contributed by atoms with Crippen LogP contribution in [0.3, 0.4) is 0 Å². The molecule has 0 aromatic heterocycles. The van der Waals surface area contributed by atoms with Crippen molar-refractivity contribution >= 4 is 11.7 Å². The molecule has 1 saturated heterocycles. The minimum atomic E-state index is -0.422. The van der Waals surface area contributed by atoms with E-state index < -0.39 is 5.66 Å². The standard InChI is InChI=1S/C16H20N2O2/c1-11(2)16(3)17(4)15(19)13-10-14(20-18(13)16)12-8-6-5-7-9-12/h5-11,13H,1-4H3/t13-,16-/m0/s1. The Morgan fingerprint density at radius 2 is 1.90 bits per heavy atom. The zero-order valence-electron chi connectivity index (χ0n) is 12.3. The molecule has 1 fully saturated rings. The van der Waals surface area contributed by atoms with Crippen molar-refractivity contribution in [3.05, 3.63) is 42.0 Å². The van der Waals surface area contributed by atoms with E-state index in [0.29, 0.717) is 0 Å². The van der Waals surface area contributed by atoms with Crippen molar-refractivity contribution in [1.82, 2.24) is 9.96 Å². The number of benzene rings is 1. The van der Waals surface area contributed by atoms with Crippen molar-refractivity contribution in [2.24, 2.45) is 5.92 Å². The van der Waals surface area contributed by atoms with Crippen molar-refractivity contribution < 1.29 is 9.63 Å². The van der Waals surface area contributed by atoms with Crippen LogP contribution in [-0.4, -0.2) is 34.6 Å². The number of nitrogens with zero attached hydrogens (tertiary/aromatic N) is 2. The molecule has 1 aromatic rings. The molecule has 0 unspecified atom stereocenters. The van der Waals surface area contributed by atoms with Crippen molar-refractivity contribution in [3.63, 3.8) is 0 Å². The van der Waals surface area contributed by atoms with Crippen LogP contribution < -0.4 is 0 Å². The summed E-state index contributed by atoms with van der Waals surface area (Å²) in [6.45, 7) is 6.27. The molecule has 4 heteroatoms. The molecule has 1 amide bonds. The smallest absolute Gasteiger partial charge is 0.248 e. The van der Waals surface area contributed by atoms with Gasteiger partial charge in [0, 0.05) is 12.6 Å². The third kappa shape index (κ3) is 1.61. The molecule has 0 saturated carbocycles. The van der Waals surface area contributed by atoms with Gasteiger partial charge in [0.25, 0.3) is 0 Å². The zero-order valence-corrected chi connectivity index (χ0v) is 12.3. The number of amides is 1. The third-order valence-corrected chi connectivity index (χ3v) is 4.62. The molecule has 0 radical (unpaired) electrons. The van der Waals surface area contributed by atoms with Crippen molar-refractivity contribution in [1.29, 1.82) is 0 Å². The topological polar surface area (TPSA) is 32.8 Å². The molecule has 1 aromatic carbocycles. The van der Waals surface area contributed by atoms with Crippen LogP contribution in [-0.2, 0) is 9.63 Å². The van der Waals surface area contributed by atoms with E-state index in [-0.39, 0.29) is 17.9 Å². The van der Waals surface area contributed by atoms with Gasteiger partial charge in [-0.2, -0.15) is 0 Å². The van der Waals surface area contributed by atoms with Gasteiger partial charge < -0.3 is 9.74 Å². The fourth-order valence-electron chi connectivity index (χ4n) is 2.91. The Morgan fingerprint density at radius 1 is 1.25 bits per heavy atom. The Hall–Kier alpha value is -1.81. The number of carbonyl (C=O) groups excluding carboxylic acids is 1. The highest BCUT2D eigenvalue weighted by Gasteiger charge is 2.57. The summed E-state index contributed by atoms with van der Waals surface area (Å²) in [6.07, 6.45) is 1.92. The van der Waals surface area contributed by atoms with Gasteiger partial charge in [-0.15, -0.1) is 5.06 Å². The number of fused-ring (bicyclic) bond motifs is 1. The Bertz CT molecular complexity index is 567. The summed E-state index contributed by atoms with van der Waals surface area (Å²) in [6, 6.07) is 9.58. The lowest BCUT2D eigenvalue weighted by atomic mass is 9.97. The van der Waals surface area contributed by atoms with Crippen LogP contribution in [0.4, 0.5) is 0 Å². The molecule has 2 aliphatic heterocycles. The lowest BCUT2D eigenvalue weighted by molar-refractivity contribution is -0.186. The number of likely N-dealkylation sites (N-methyl/N-ethyl adjacent to an activating group) is 1. The molecule has 0 N–H and O–H groups in total. The van der Waals surface area contributed by atoms with Crippen molar-refractivity contribution in [2.45, 2.75) is 32.5 Å². The zero-order chi connectivity index (χ0) is 14.5. The summed E-state index contributed by atoms with van der Waals surface area (Å²) in [5, 5.41) is 1.84.